The van der Waals surface area contributed by atoms with E-state index in [9.17, 15) is 9.59 Å². The van der Waals surface area contributed by atoms with Gasteiger partial charge < -0.3 is 16.0 Å². The van der Waals surface area contributed by atoms with Crippen molar-refractivity contribution in [2.45, 2.75) is 32.7 Å². The summed E-state index contributed by atoms with van der Waals surface area (Å²) < 4.78 is 0. The van der Waals surface area contributed by atoms with Crippen LogP contribution in [0.2, 0.25) is 0 Å². The van der Waals surface area contributed by atoms with Gasteiger partial charge in [0.2, 0.25) is 6.41 Å². The molecule has 0 aliphatic rings. The van der Waals surface area contributed by atoms with Crippen molar-refractivity contribution in [3.8, 4) is 6.07 Å². The van der Waals surface area contributed by atoms with Gasteiger partial charge in [-0.3, -0.25) is 9.59 Å². The van der Waals surface area contributed by atoms with Crippen LogP contribution >= 0.6 is 0 Å². The van der Waals surface area contributed by atoms with Gasteiger partial charge in [0.05, 0.1) is 0 Å². The minimum Gasteiger partial charge on any atom is -0.347 e. The summed E-state index contributed by atoms with van der Waals surface area (Å²) in [7, 11) is 0. The van der Waals surface area contributed by atoms with Crippen LogP contribution in [0.3, 0.4) is 0 Å². The van der Waals surface area contributed by atoms with Crippen LogP contribution in [0, 0.1) is 11.3 Å². The Bertz CT molecular complexity index is 363. The summed E-state index contributed by atoms with van der Waals surface area (Å²) in [6, 6.07) is 1.78. The van der Waals surface area contributed by atoms with Crippen LogP contribution in [0.4, 0.5) is 0 Å². The predicted octanol–water partition coefficient (Wildman–Crippen LogP) is 0.116. The van der Waals surface area contributed by atoms with Gasteiger partial charge in [0.15, 0.2) is 0 Å². The highest BCUT2D eigenvalue weighted by Gasteiger charge is 2.17. The van der Waals surface area contributed by atoms with E-state index >= 15 is 0 Å². The Morgan fingerprint density at radius 1 is 1.50 bits per heavy atom. The number of rotatable bonds is 6. The van der Waals surface area contributed by atoms with Crippen LogP contribution in [0.1, 0.15) is 27.2 Å². The molecule has 0 spiro atoms. The number of nitrogens with one attached hydrogen (secondary N) is 1. The van der Waals surface area contributed by atoms with E-state index in [1.807, 2.05) is 20.8 Å². The van der Waals surface area contributed by atoms with Gasteiger partial charge in [0.1, 0.15) is 11.6 Å². The molecule has 0 radical (unpaired) electrons. The topological polar surface area (TPSA) is 99.2 Å². The maximum Gasteiger partial charge on any atom is 0.263 e. The predicted molar refractivity (Wildman–Crippen MR) is 68.0 cm³/mol. The Kier molecular flexibility index (Phi) is 6.68. The third-order valence-corrected chi connectivity index (χ3v) is 1.90. The number of nitrogens with zero attached hydrogens (tertiary/aromatic N) is 2. The summed E-state index contributed by atoms with van der Waals surface area (Å²) >= 11 is 0. The van der Waals surface area contributed by atoms with E-state index in [0.717, 1.165) is 0 Å². The lowest BCUT2D eigenvalue weighted by atomic mass is 10.1. The largest absolute Gasteiger partial charge is 0.347 e. The van der Waals surface area contributed by atoms with E-state index in [4.69, 9.17) is 11.0 Å². The summed E-state index contributed by atoms with van der Waals surface area (Å²) in [6.45, 7) is 6.26. The molecule has 6 heteroatoms. The molecule has 3 N–H and O–H groups in total. The number of amides is 2. The van der Waals surface area contributed by atoms with Crippen LogP contribution in [-0.2, 0) is 9.59 Å². The first kappa shape index (κ1) is 16.1. The van der Waals surface area contributed by atoms with Crippen LogP contribution in [0.25, 0.3) is 0 Å². The first-order valence-electron chi connectivity index (χ1n) is 5.69. The van der Waals surface area contributed by atoms with Crippen molar-refractivity contribution in [3.05, 3.63) is 11.8 Å². The molecule has 0 atom stereocenters. The molecule has 0 aromatic carbocycles. The minimum atomic E-state index is -0.496. The second-order valence-electron chi connectivity index (χ2n) is 4.84. The molecule has 0 aromatic rings. The Morgan fingerprint density at radius 3 is 2.50 bits per heavy atom. The maximum absolute atomic E-state index is 11.7. The number of hydrogen-bond donors (Lipinski definition) is 2. The summed E-state index contributed by atoms with van der Waals surface area (Å²) in [4.78, 5) is 23.8. The van der Waals surface area contributed by atoms with Gasteiger partial charge in [0.25, 0.3) is 5.91 Å². The molecule has 0 aliphatic heterocycles. The lowest BCUT2D eigenvalue weighted by molar-refractivity contribution is -0.118. The van der Waals surface area contributed by atoms with E-state index in [1.165, 1.54) is 11.1 Å². The normalized spacial score (nSPS) is 11.6. The number of hydrogen-bond acceptors (Lipinski definition) is 4. The van der Waals surface area contributed by atoms with Crippen molar-refractivity contribution in [2.24, 2.45) is 5.73 Å². The molecule has 0 fully saturated rings. The average molecular weight is 252 g/mol. The van der Waals surface area contributed by atoms with Crippen molar-refractivity contribution < 1.29 is 9.59 Å². The van der Waals surface area contributed by atoms with Gasteiger partial charge in [-0.05, 0) is 33.7 Å². The third kappa shape index (κ3) is 6.66. The SMILES string of the molecule is CC(C)(C)NC(=O)/C(C#N)=C\N(C=O)CCCN. The zero-order chi connectivity index (χ0) is 14.2. The van der Waals surface area contributed by atoms with Crippen LogP contribution in [0.15, 0.2) is 11.8 Å². The molecule has 0 unspecified atom stereocenters. The van der Waals surface area contributed by atoms with E-state index in [0.29, 0.717) is 25.9 Å². The second kappa shape index (κ2) is 7.45. The van der Waals surface area contributed by atoms with Crippen molar-refractivity contribution in [3.63, 3.8) is 0 Å². The fourth-order valence-electron chi connectivity index (χ4n) is 1.13. The molecule has 0 aliphatic carbocycles. The zero-order valence-electron chi connectivity index (χ0n) is 11.1. The maximum atomic E-state index is 11.7. The van der Waals surface area contributed by atoms with Crippen molar-refractivity contribution >= 4 is 12.3 Å². The fourth-order valence-corrected chi connectivity index (χ4v) is 1.13. The summed E-state index contributed by atoms with van der Waals surface area (Å²) in [5.41, 5.74) is 4.79. The first-order chi connectivity index (χ1) is 8.34. The van der Waals surface area contributed by atoms with Crippen molar-refractivity contribution in [2.75, 3.05) is 13.1 Å². The quantitative estimate of drug-likeness (QED) is 0.398. The lowest BCUT2D eigenvalue weighted by Gasteiger charge is -2.20. The smallest absolute Gasteiger partial charge is 0.263 e. The number of carbonyl (C=O) groups excluding carboxylic acids is 2. The fraction of sp³-hybridized carbons (Fsp3) is 0.583. The molecule has 0 aromatic heterocycles. The molecule has 0 bridgehead atoms. The number of nitriles is 1. The minimum absolute atomic E-state index is 0.103. The van der Waals surface area contributed by atoms with E-state index in [-0.39, 0.29) is 5.57 Å². The van der Waals surface area contributed by atoms with Crippen LogP contribution < -0.4 is 11.1 Å². The van der Waals surface area contributed by atoms with Crippen molar-refractivity contribution in [1.82, 2.24) is 10.2 Å². The van der Waals surface area contributed by atoms with Gasteiger partial charge in [-0.1, -0.05) is 0 Å². The Morgan fingerprint density at radius 2 is 2.11 bits per heavy atom. The number of nitrogens with two attached hydrogens (primary N) is 1. The highest BCUT2D eigenvalue weighted by Crippen LogP contribution is 2.03. The molecule has 0 rings (SSSR count). The van der Waals surface area contributed by atoms with E-state index in [1.54, 1.807) is 6.07 Å². The molecule has 0 heterocycles. The van der Waals surface area contributed by atoms with Gasteiger partial charge in [-0.25, -0.2) is 0 Å². The lowest BCUT2D eigenvalue weighted by Crippen LogP contribution is -2.41. The van der Waals surface area contributed by atoms with Gasteiger partial charge in [0, 0.05) is 18.3 Å². The van der Waals surface area contributed by atoms with Gasteiger partial charge in [-0.2, -0.15) is 5.26 Å². The summed E-state index contributed by atoms with van der Waals surface area (Å²) in [6.07, 6.45) is 2.41. The summed E-state index contributed by atoms with van der Waals surface area (Å²) in [5.74, 6) is -0.496. The van der Waals surface area contributed by atoms with E-state index < -0.39 is 11.4 Å². The molecule has 6 nitrogen and oxygen atoms in total. The third-order valence-electron chi connectivity index (χ3n) is 1.90. The first-order valence-corrected chi connectivity index (χ1v) is 5.69. The summed E-state index contributed by atoms with van der Waals surface area (Å²) in [5, 5.41) is 11.6. The molecule has 0 saturated heterocycles. The van der Waals surface area contributed by atoms with Gasteiger partial charge in [-0.15, -0.1) is 0 Å². The van der Waals surface area contributed by atoms with Gasteiger partial charge >= 0.3 is 0 Å². The molecule has 0 saturated carbocycles. The molecular formula is C12H20N4O2. The highest BCUT2D eigenvalue weighted by molar-refractivity contribution is 5.97. The Hall–Kier alpha value is -1.87. The zero-order valence-corrected chi connectivity index (χ0v) is 11.1. The second-order valence-corrected chi connectivity index (χ2v) is 4.84. The van der Waals surface area contributed by atoms with Crippen LogP contribution in [-0.4, -0.2) is 35.8 Å². The molecule has 2 amide bonds. The molecule has 18 heavy (non-hydrogen) atoms. The molecular weight excluding hydrogens is 232 g/mol. The van der Waals surface area contributed by atoms with Crippen LogP contribution in [0.5, 0.6) is 0 Å². The molecule has 100 valence electrons. The Labute approximate surface area is 107 Å². The Balaban J connectivity index is 4.79. The monoisotopic (exact) mass is 252 g/mol. The number of carbonyl (C=O) groups is 2. The highest BCUT2D eigenvalue weighted by atomic mass is 16.2. The van der Waals surface area contributed by atoms with Crippen molar-refractivity contribution in [1.29, 1.82) is 5.26 Å². The average Bonchev–Trinajstić information content (AvgIpc) is 2.27. The van der Waals surface area contributed by atoms with E-state index in [2.05, 4.69) is 5.32 Å². The standard InChI is InChI=1S/C12H20N4O2/c1-12(2,3)15-11(18)10(7-14)8-16(9-17)6-4-5-13/h8-9H,4-6,13H2,1-3H3,(H,15,18)/b10-8-.